The molecule has 0 amide bonds. The average Bonchev–Trinajstić information content (AvgIpc) is 2.95. The van der Waals surface area contributed by atoms with Crippen LogP contribution in [-0.2, 0) is 0 Å². The van der Waals surface area contributed by atoms with Crippen LogP contribution in [0.2, 0.25) is 0 Å². The first-order valence-corrected chi connectivity index (χ1v) is 5.09. The predicted octanol–water partition coefficient (Wildman–Crippen LogP) is 0.754. The molecule has 8 heteroatoms. The van der Waals surface area contributed by atoms with Gasteiger partial charge in [0.15, 0.2) is 0 Å². The summed E-state index contributed by atoms with van der Waals surface area (Å²) in [4.78, 5) is 0. The third-order valence-electron chi connectivity index (χ3n) is 2.23. The molecule has 92 valence electrons. The number of tetrazole rings is 1. The van der Waals surface area contributed by atoms with Crippen LogP contribution >= 0.6 is 0 Å². The molecule has 1 aromatic heterocycles. The topological polar surface area (TPSA) is 134 Å². The maximum Gasteiger partial charge on any atom is 0.216 e. The summed E-state index contributed by atoms with van der Waals surface area (Å²) in [5.41, 5.74) is 0.573. The third kappa shape index (κ3) is 2.48. The van der Waals surface area contributed by atoms with Gasteiger partial charge in [-0.15, -0.1) is 10.2 Å². The molecule has 0 atom stereocenters. The first-order valence-electron chi connectivity index (χ1n) is 5.09. The first-order chi connectivity index (χ1) is 9.26. The SMILES string of the molecule is N#CC(=CNc1c(O)cccc1C#N)c1nn[nH]n1. The number of aromatic hydroxyl groups is 1. The Morgan fingerprint density at radius 2 is 2.26 bits per heavy atom. The number of aromatic amines is 1. The molecule has 3 N–H and O–H groups in total. The van der Waals surface area contributed by atoms with E-state index >= 15 is 0 Å². The van der Waals surface area contributed by atoms with Crippen molar-refractivity contribution in [2.45, 2.75) is 0 Å². The van der Waals surface area contributed by atoms with Crippen LogP contribution in [0.3, 0.4) is 0 Å². The number of anilines is 1. The first kappa shape index (κ1) is 12.1. The fourth-order valence-corrected chi connectivity index (χ4v) is 1.35. The summed E-state index contributed by atoms with van der Waals surface area (Å²) in [5, 5.41) is 43.1. The number of para-hydroxylation sites is 1. The highest BCUT2D eigenvalue weighted by Gasteiger charge is 2.09. The Morgan fingerprint density at radius 3 is 2.89 bits per heavy atom. The molecular formula is C11H7N7O. The highest BCUT2D eigenvalue weighted by Crippen LogP contribution is 2.27. The van der Waals surface area contributed by atoms with E-state index in [4.69, 9.17) is 10.5 Å². The van der Waals surface area contributed by atoms with Crippen LogP contribution < -0.4 is 5.32 Å². The van der Waals surface area contributed by atoms with E-state index in [-0.39, 0.29) is 28.4 Å². The van der Waals surface area contributed by atoms with Gasteiger partial charge < -0.3 is 10.4 Å². The maximum absolute atomic E-state index is 9.66. The number of nitrogens with one attached hydrogen (secondary N) is 2. The lowest BCUT2D eigenvalue weighted by Gasteiger charge is -2.05. The third-order valence-corrected chi connectivity index (χ3v) is 2.23. The van der Waals surface area contributed by atoms with E-state index in [2.05, 4.69) is 25.9 Å². The number of allylic oxidation sites excluding steroid dienone is 1. The molecule has 0 aliphatic carbocycles. The van der Waals surface area contributed by atoms with Crippen molar-refractivity contribution in [2.24, 2.45) is 0 Å². The summed E-state index contributed by atoms with van der Waals surface area (Å²) >= 11 is 0. The monoisotopic (exact) mass is 253 g/mol. The Hall–Kier alpha value is -3.39. The Balaban J connectivity index is 2.33. The summed E-state index contributed by atoms with van der Waals surface area (Å²) in [6.45, 7) is 0. The average molecular weight is 253 g/mol. The molecule has 0 aliphatic heterocycles. The van der Waals surface area contributed by atoms with Crippen LogP contribution in [0.1, 0.15) is 11.4 Å². The van der Waals surface area contributed by atoms with Gasteiger partial charge in [-0.3, -0.25) is 0 Å². The highest BCUT2D eigenvalue weighted by molar-refractivity contribution is 5.76. The zero-order valence-corrected chi connectivity index (χ0v) is 9.49. The molecule has 19 heavy (non-hydrogen) atoms. The van der Waals surface area contributed by atoms with Crippen LogP contribution in [0, 0.1) is 22.7 Å². The van der Waals surface area contributed by atoms with Crippen molar-refractivity contribution in [3.63, 3.8) is 0 Å². The van der Waals surface area contributed by atoms with Crippen LogP contribution in [0.15, 0.2) is 24.4 Å². The molecule has 0 spiro atoms. The number of hydrogen-bond donors (Lipinski definition) is 3. The number of rotatable bonds is 3. The molecule has 2 rings (SSSR count). The quantitative estimate of drug-likeness (QED) is 0.542. The molecule has 0 bridgehead atoms. The molecule has 1 heterocycles. The second-order valence-corrected chi connectivity index (χ2v) is 3.36. The van der Waals surface area contributed by atoms with Gasteiger partial charge >= 0.3 is 0 Å². The fourth-order valence-electron chi connectivity index (χ4n) is 1.35. The second-order valence-electron chi connectivity index (χ2n) is 3.36. The van der Waals surface area contributed by atoms with Crippen molar-refractivity contribution >= 4 is 11.3 Å². The lowest BCUT2D eigenvalue weighted by molar-refractivity contribution is 0.477. The van der Waals surface area contributed by atoms with Gasteiger partial charge in [-0.1, -0.05) is 6.07 Å². The van der Waals surface area contributed by atoms with Crippen molar-refractivity contribution in [1.29, 1.82) is 10.5 Å². The van der Waals surface area contributed by atoms with E-state index < -0.39 is 0 Å². The standard InChI is InChI=1S/C11H7N7O/c12-4-7-2-1-3-9(19)10(7)14-6-8(5-13)11-15-17-18-16-11/h1-3,6,14,19H,(H,15,16,17,18). The van der Waals surface area contributed by atoms with Crippen LogP contribution in [0.4, 0.5) is 5.69 Å². The number of nitrogens with zero attached hydrogens (tertiary/aromatic N) is 5. The van der Waals surface area contributed by atoms with Crippen LogP contribution in [0.5, 0.6) is 5.75 Å². The zero-order chi connectivity index (χ0) is 13.7. The van der Waals surface area contributed by atoms with Gasteiger partial charge in [-0.2, -0.15) is 15.7 Å². The fraction of sp³-hybridized carbons (Fsp3) is 0. The van der Waals surface area contributed by atoms with Crippen molar-refractivity contribution < 1.29 is 5.11 Å². The molecule has 0 unspecified atom stereocenters. The van der Waals surface area contributed by atoms with E-state index in [9.17, 15) is 5.11 Å². The van der Waals surface area contributed by atoms with E-state index in [1.54, 1.807) is 6.07 Å². The Morgan fingerprint density at radius 1 is 1.42 bits per heavy atom. The van der Waals surface area contributed by atoms with Gasteiger partial charge in [0.1, 0.15) is 23.5 Å². The minimum Gasteiger partial charge on any atom is -0.506 e. The van der Waals surface area contributed by atoms with Crippen molar-refractivity contribution in [2.75, 3.05) is 5.32 Å². The lowest BCUT2D eigenvalue weighted by Crippen LogP contribution is -1.95. The molecule has 2 aromatic rings. The Bertz CT molecular complexity index is 691. The minimum atomic E-state index is -0.0966. The van der Waals surface area contributed by atoms with Gasteiger partial charge in [0.2, 0.25) is 5.82 Å². The summed E-state index contributed by atoms with van der Waals surface area (Å²) in [5.74, 6) is 0.0182. The number of phenolic OH excluding ortho intramolecular Hbond substituents is 1. The van der Waals surface area contributed by atoms with Crippen molar-refractivity contribution in [3.8, 4) is 17.9 Å². The normalized spacial score (nSPS) is 10.5. The number of aromatic nitrogens is 4. The van der Waals surface area contributed by atoms with E-state index in [1.807, 2.05) is 12.1 Å². The summed E-state index contributed by atoms with van der Waals surface area (Å²) in [6.07, 6.45) is 1.29. The van der Waals surface area contributed by atoms with Crippen LogP contribution in [-0.4, -0.2) is 25.7 Å². The molecule has 0 saturated carbocycles. The molecule has 8 nitrogen and oxygen atoms in total. The number of H-pyrrole nitrogens is 1. The largest absolute Gasteiger partial charge is 0.506 e. The van der Waals surface area contributed by atoms with Gasteiger partial charge in [-0.05, 0) is 17.3 Å². The van der Waals surface area contributed by atoms with Crippen molar-refractivity contribution in [3.05, 3.63) is 35.8 Å². The molecule has 0 fully saturated rings. The smallest absolute Gasteiger partial charge is 0.216 e. The predicted molar refractivity (Wildman–Crippen MR) is 64.2 cm³/mol. The number of nitriles is 2. The zero-order valence-electron chi connectivity index (χ0n) is 9.49. The maximum atomic E-state index is 9.66. The Labute approximate surface area is 107 Å². The summed E-state index contributed by atoms with van der Waals surface area (Å²) < 4.78 is 0. The highest BCUT2D eigenvalue weighted by atomic mass is 16.3. The minimum absolute atomic E-state index is 0.0966. The molecule has 1 aromatic carbocycles. The van der Waals surface area contributed by atoms with Gasteiger partial charge in [0, 0.05) is 6.20 Å². The molecule has 0 radical (unpaired) electrons. The number of phenols is 1. The molecular weight excluding hydrogens is 246 g/mol. The number of hydrogen-bond acceptors (Lipinski definition) is 7. The van der Waals surface area contributed by atoms with E-state index in [0.717, 1.165) is 0 Å². The van der Waals surface area contributed by atoms with E-state index in [0.29, 0.717) is 0 Å². The molecule has 0 saturated heterocycles. The van der Waals surface area contributed by atoms with E-state index in [1.165, 1.54) is 18.3 Å². The lowest BCUT2D eigenvalue weighted by atomic mass is 10.2. The van der Waals surface area contributed by atoms with Gasteiger partial charge in [-0.25, -0.2) is 0 Å². The van der Waals surface area contributed by atoms with Gasteiger partial charge in [0.05, 0.1) is 11.3 Å². The summed E-state index contributed by atoms with van der Waals surface area (Å²) in [7, 11) is 0. The molecule has 0 aliphatic rings. The summed E-state index contributed by atoms with van der Waals surface area (Å²) in [6, 6.07) is 8.32. The second kappa shape index (κ2) is 5.29. The Kier molecular flexibility index (Phi) is 3.36. The van der Waals surface area contributed by atoms with Gasteiger partial charge in [0.25, 0.3) is 0 Å². The van der Waals surface area contributed by atoms with Crippen molar-refractivity contribution in [1.82, 2.24) is 20.6 Å². The van der Waals surface area contributed by atoms with Crippen LogP contribution in [0.25, 0.3) is 5.57 Å². The number of benzene rings is 1.